The molecule has 0 spiro atoms. The average molecular weight is 230 g/mol. The van der Waals surface area contributed by atoms with Gasteiger partial charge in [0.1, 0.15) is 11.6 Å². The molecule has 0 aliphatic heterocycles. The second-order valence-electron chi connectivity index (χ2n) is 4.49. The van der Waals surface area contributed by atoms with Crippen LogP contribution >= 0.6 is 0 Å². The van der Waals surface area contributed by atoms with E-state index in [1.54, 1.807) is 0 Å². The highest BCUT2D eigenvalue weighted by molar-refractivity contribution is 6.26. The zero-order valence-corrected chi connectivity index (χ0v) is 10.7. The standard InChI is InChI=1S/C11H16F2OSi/c1-11(2,3)14-15-7-8-4-9(12)6-10(13)5-8/h4-6H,7,15H2,1-3H3. The molecule has 0 aromatic heterocycles. The van der Waals surface area contributed by atoms with Gasteiger partial charge in [0.15, 0.2) is 9.76 Å². The third-order valence-electron chi connectivity index (χ3n) is 1.85. The normalized spacial score (nSPS) is 12.6. The molecular weight excluding hydrogens is 214 g/mol. The Kier molecular flexibility index (Phi) is 3.99. The van der Waals surface area contributed by atoms with E-state index in [9.17, 15) is 8.78 Å². The minimum atomic E-state index is -0.756. The number of halogens is 2. The zero-order chi connectivity index (χ0) is 11.5. The van der Waals surface area contributed by atoms with Crippen LogP contribution < -0.4 is 0 Å². The summed E-state index contributed by atoms with van der Waals surface area (Å²) in [5.74, 6) is -1.04. The Labute approximate surface area is 91.4 Å². The second-order valence-corrected chi connectivity index (χ2v) is 5.69. The Morgan fingerprint density at radius 1 is 1.13 bits per heavy atom. The fraction of sp³-hybridized carbons (Fsp3) is 0.455. The fourth-order valence-electron chi connectivity index (χ4n) is 1.23. The molecule has 0 aliphatic carbocycles. The molecule has 0 N–H and O–H groups in total. The van der Waals surface area contributed by atoms with Crippen molar-refractivity contribution in [3.05, 3.63) is 35.4 Å². The maximum absolute atomic E-state index is 12.8. The lowest BCUT2D eigenvalue weighted by molar-refractivity contribution is 0.138. The molecule has 4 heteroatoms. The lowest BCUT2D eigenvalue weighted by Crippen LogP contribution is -2.22. The van der Waals surface area contributed by atoms with E-state index in [1.807, 2.05) is 20.8 Å². The summed E-state index contributed by atoms with van der Waals surface area (Å²) in [6, 6.07) is 4.27. The Bertz CT molecular complexity index is 314. The molecule has 0 saturated carbocycles. The Balaban J connectivity index is 2.51. The summed E-state index contributed by atoms with van der Waals surface area (Å²) in [7, 11) is -0.756. The average Bonchev–Trinajstić information content (AvgIpc) is 1.99. The van der Waals surface area contributed by atoms with E-state index >= 15 is 0 Å². The van der Waals surface area contributed by atoms with Crippen molar-refractivity contribution >= 4 is 9.76 Å². The van der Waals surface area contributed by atoms with Gasteiger partial charge in [-0.2, -0.15) is 0 Å². The first-order chi connectivity index (χ1) is 6.87. The number of hydrogen-bond acceptors (Lipinski definition) is 1. The third-order valence-corrected chi connectivity index (χ3v) is 3.70. The van der Waals surface area contributed by atoms with Crippen LogP contribution in [0.4, 0.5) is 8.78 Å². The van der Waals surface area contributed by atoms with Crippen LogP contribution in [-0.2, 0) is 10.5 Å². The number of benzene rings is 1. The lowest BCUT2D eigenvalue weighted by atomic mass is 10.2. The van der Waals surface area contributed by atoms with Crippen molar-refractivity contribution in [2.75, 3.05) is 0 Å². The summed E-state index contributed by atoms with van der Waals surface area (Å²) in [5, 5.41) is 0. The minimum absolute atomic E-state index is 0.155. The Morgan fingerprint density at radius 2 is 1.67 bits per heavy atom. The number of hydrogen-bond donors (Lipinski definition) is 0. The minimum Gasteiger partial charge on any atom is -0.419 e. The molecule has 0 atom stereocenters. The lowest BCUT2D eigenvalue weighted by Gasteiger charge is -2.19. The van der Waals surface area contributed by atoms with Gasteiger partial charge < -0.3 is 4.43 Å². The molecule has 0 unspecified atom stereocenters. The first-order valence-electron chi connectivity index (χ1n) is 4.96. The smallest absolute Gasteiger partial charge is 0.166 e. The molecule has 0 radical (unpaired) electrons. The van der Waals surface area contributed by atoms with Gasteiger partial charge in [-0.3, -0.25) is 0 Å². The summed E-state index contributed by atoms with van der Waals surface area (Å²) < 4.78 is 31.3. The van der Waals surface area contributed by atoms with E-state index in [0.717, 1.165) is 6.07 Å². The van der Waals surface area contributed by atoms with Gasteiger partial charge in [0.2, 0.25) is 0 Å². The summed E-state index contributed by atoms with van der Waals surface area (Å²) in [6.07, 6.45) is 0. The van der Waals surface area contributed by atoms with Crippen molar-refractivity contribution in [1.82, 2.24) is 0 Å². The molecular formula is C11H16F2OSi. The molecule has 0 bridgehead atoms. The molecule has 0 aliphatic rings. The van der Waals surface area contributed by atoms with Gasteiger partial charge in [-0.05, 0) is 44.5 Å². The largest absolute Gasteiger partial charge is 0.419 e. The van der Waals surface area contributed by atoms with E-state index in [1.165, 1.54) is 12.1 Å². The van der Waals surface area contributed by atoms with Crippen LogP contribution in [-0.4, -0.2) is 15.4 Å². The predicted octanol–water partition coefficient (Wildman–Crippen LogP) is 2.36. The molecule has 84 valence electrons. The Morgan fingerprint density at radius 3 is 2.13 bits per heavy atom. The van der Waals surface area contributed by atoms with E-state index in [-0.39, 0.29) is 5.60 Å². The van der Waals surface area contributed by atoms with Gasteiger partial charge in [0.25, 0.3) is 0 Å². The highest BCUT2D eigenvalue weighted by atomic mass is 28.2. The van der Waals surface area contributed by atoms with Gasteiger partial charge >= 0.3 is 0 Å². The summed E-state index contributed by atoms with van der Waals surface area (Å²) in [4.78, 5) is 0. The van der Waals surface area contributed by atoms with Crippen molar-refractivity contribution in [3.8, 4) is 0 Å². The molecule has 1 nitrogen and oxygen atoms in total. The van der Waals surface area contributed by atoms with Gasteiger partial charge in [-0.15, -0.1) is 0 Å². The van der Waals surface area contributed by atoms with Crippen LogP contribution in [0, 0.1) is 11.6 Å². The summed E-state index contributed by atoms with van der Waals surface area (Å²) >= 11 is 0. The third kappa shape index (κ3) is 5.04. The zero-order valence-electron chi connectivity index (χ0n) is 9.31. The van der Waals surface area contributed by atoms with Crippen LogP contribution in [0.3, 0.4) is 0 Å². The summed E-state index contributed by atoms with van der Waals surface area (Å²) in [5.41, 5.74) is 0.529. The van der Waals surface area contributed by atoms with E-state index in [0.29, 0.717) is 11.6 Å². The maximum Gasteiger partial charge on any atom is 0.166 e. The van der Waals surface area contributed by atoms with Gasteiger partial charge in [-0.1, -0.05) is 0 Å². The molecule has 0 fully saturated rings. The Hall–Kier alpha value is -0.743. The molecule has 15 heavy (non-hydrogen) atoms. The summed E-state index contributed by atoms with van der Waals surface area (Å²) in [6.45, 7) is 5.94. The SMILES string of the molecule is CC(C)(C)O[SiH2]Cc1cc(F)cc(F)c1. The van der Waals surface area contributed by atoms with Crippen molar-refractivity contribution in [3.63, 3.8) is 0 Å². The molecule has 0 amide bonds. The van der Waals surface area contributed by atoms with E-state index in [2.05, 4.69) is 0 Å². The first kappa shape index (κ1) is 12.3. The first-order valence-corrected chi connectivity index (χ1v) is 6.53. The van der Waals surface area contributed by atoms with Crippen molar-refractivity contribution in [1.29, 1.82) is 0 Å². The molecule has 1 aromatic rings. The van der Waals surface area contributed by atoms with Crippen LogP contribution in [0.5, 0.6) is 0 Å². The van der Waals surface area contributed by atoms with Gasteiger partial charge in [0.05, 0.1) is 0 Å². The topological polar surface area (TPSA) is 9.23 Å². The highest BCUT2D eigenvalue weighted by Gasteiger charge is 2.09. The highest BCUT2D eigenvalue weighted by Crippen LogP contribution is 2.10. The van der Waals surface area contributed by atoms with Crippen LogP contribution in [0.15, 0.2) is 18.2 Å². The van der Waals surface area contributed by atoms with Gasteiger partial charge in [-0.25, -0.2) is 8.78 Å². The maximum atomic E-state index is 12.8. The second kappa shape index (κ2) is 4.85. The van der Waals surface area contributed by atoms with Crippen LogP contribution in [0.2, 0.25) is 0 Å². The van der Waals surface area contributed by atoms with Crippen molar-refractivity contribution in [2.24, 2.45) is 0 Å². The monoisotopic (exact) mass is 230 g/mol. The number of rotatable bonds is 3. The van der Waals surface area contributed by atoms with Crippen LogP contribution in [0.25, 0.3) is 0 Å². The molecule has 1 aromatic carbocycles. The molecule has 0 heterocycles. The molecule has 1 rings (SSSR count). The van der Waals surface area contributed by atoms with Gasteiger partial charge in [0, 0.05) is 11.7 Å². The van der Waals surface area contributed by atoms with E-state index in [4.69, 9.17) is 4.43 Å². The predicted molar refractivity (Wildman–Crippen MR) is 59.4 cm³/mol. The van der Waals surface area contributed by atoms with E-state index < -0.39 is 21.4 Å². The van der Waals surface area contributed by atoms with Crippen molar-refractivity contribution < 1.29 is 13.2 Å². The molecule has 0 saturated heterocycles. The fourth-order valence-corrected chi connectivity index (χ4v) is 2.47. The van der Waals surface area contributed by atoms with Crippen LogP contribution in [0.1, 0.15) is 26.3 Å². The van der Waals surface area contributed by atoms with Crippen molar-refractivity contribution in [2.45, 2.75) is 32.4 Å². The quantitative estimate of drug-likeness (QED) is 0.724.